The van der Waals surface area contributed by atoms with Crippen LogP contribution < -0.4 is 0 Å². The lowest BCUT2D eigenvalue weighted by Crippen LogP contribution is -2.25. The number of hydrogen-bond donors (Lipinski definition) is 1. The molecule has 3 nitrogen and oxygen atoms in total. The number of carbonyl (C=O) groups is 1. The van der Waals surface area contributed by atoms with Crippen molar-refractivity contribution in [2.75, 3.05) is 0 Å². The predicted molar refractivity (Wildman–Crippen MR) is 61.3 cm³/mol. The zero-order chi connectivity index (χ0) is 11.5. The summed E-state index contributed by atoms with van der Waals surface area (Å²) in [6.07, 6.45) is 7.56. The Kier molecular flexibility index (Phi) is 3.22. The van der Waals surface area contributed by atoms with Gasteiger partial charge in [-0.3, -0.25) is 9.78 Å². The Bertz CT molecular complexity index is 389. The third kappa shape index (κ3) is 2.23. The second-order valence-corrected chi connectivity index (χ2v) is 4.63. The molecule has 1 saturated carbocycles. The topological polar surface area (TPSA) is 50.2 Å². The Hall–Kier alpha value is -1.38. The smallest absolute Gasteiger partial charge is 0.307 e. The number of hydrogen-bond acceptors (Lipinski definition) is 2. The van der Waals surface area contributed by atoms with Gasteiger partial charge in [0.15, 0.2) is 0 Å². The Balaban J connectivity index is 2.26. The third-order valence-corrected chi connectivity index (χ3v) is 3.41. The van der Waals surface area contributed by atoms with Gasteiger partial charge in [-0.15, -0.1) is 0 Å². The van der Waals surface area contributed by atoms with Crippen molar-refractivity contribution in [3.05, 3.63) is 29.6 Å². The van der Waals surface area contributed by atoms with Crippen LogP contribution in [-0.4, -0.2) is 16.1 Å². The molecule has 0 aromatic carbocycles. The molecule has 1 aliphatic rings. The molecule has 1 heterocycles. The quantitative estimate of drug-likeness (QED) is 0.832. The lowest BCUT2D eigenvalue weighted by atomic mass is 9.76. The molecule has 2 unspecified atom stereocenters. The standard InChI is InChI=1S/C13H17NO2/c1-9-6-10(8-14-7-9)11-4-2-3-5-12(11)13(15)16/h6-8,11-12H,2-5H2,1H3,(H,15,16). The molecule has 1 aromatic heterocycles. The fourth-order valence-electron chi connectivity index (χ4n) is 2.61. The molecule has 1 aromatic rings. The minimum absolute atomic E-state index is 0.152. The minimum atomic E-state index is -0.661. The summed E-state index contributed by atoms with van der Waals surface area (Å²) in [6.45, 7) is 2.00. The van der Waals surface area contributed by atoms with E-state index in [2.05, 4.69) is 11.1 Å². The van der Waals surface area contributed by atoms with Gasteiger partial charge in [0.25, 0.3) is 0 Å². The molecule has 0 saturated heterocycles. The highest BCUT2D eigenvalue weighted by Crippen LogP contribution is 2.37. The van der Waals surface area contributed by atoms with Gasteiger partial charge in [-0.1, -0.05) is 18.9 Å². The number of aliphatic carboxylic acids is 1. The highest BCUT2D eigenvalue weighted by Gasteiger charge is 2.31. The Morgan fingerprint density at radius 2 is 2.12 bits per heavy atom. The molecule has 3 heteroatoms. The zero-order valence-corrected chi connectivity index (χ0v) is 9.52. The van der Waals surface area contributed by atoms with Gasteiger partial charge in [0.05, 0.1) is 5.92 Å². The summed E-state index contributed by atoms with van der Waals surface area (Å²) in [7, 11) is 0. The summed E-state index contributed by atoms with van der Waals surface area (Å²) in [5.74, 6) is -0.734. The van der Waals surface area contributed by atoms with E-state index in [1.807, 2.05) is 19.3 Å². The Morgan fingerprint density at radius 1 is 1.38 bits per heavy atom. The van der Waals surface area contributed by atoms with Crippen molar-refractivity contribution >= 4 is 5.97 Å². The first-order valence-electron chi connectivity index (χ1n) is 5.83. The first kappa shape index (κ1) is 11.1. The van der Waals surface area contributed by atoms with E-state index >= 15 is 0 Å². The van der Waals surface area contributed by atoms with Gasteiger partial charge in [-0.2, -0.15) is 0 Å². The normalized spacial score (nSPS) is 25.3. The first-order valence-corrected chi connectivity index (χ1v) is 5.83. The van der Waals surface area contributed by atoms with Crippen LogP contribution in [-0.2, 0) is 4.79 Å². The van der Waals surface area contributed by atoms with Crippen LogP contribution in [0.25, 0.3) is 0 Å². The van der Waals surface area contributed by atoms with Crippen molar-refractivity contribution in [1.82, 2.24) is 4.98 Å². The maximum absolute atomic E-state index is 11.2. The molecule has 0 radical (unpaired) electrons. The molecule has 2 atom stereocenters. The fraction of sp³-hybridized carbons (Fsp3) is 0.538. The van der Waals surface area contributed by atoms with Crippen molar-refractivity contribution < 1.29 is 9.90 Å². The van der Waals surface area contributed by atoms with E-state index in [0.717, 1.165) is 36.8 Å². The van der Waals surface area contributed by atoms with Crippen LogP contribution in [0.5, 0.6) is 0 Å². The monoisotopic (exact) mass is 219 g/mol. The maximum Gasteiger partial charge on any atom is 0.307 e. The molecule has 1 aliphatic carbocycles. The van der Waals surface area contributed by atoms with Crippen LogP contribution in [0.15, 0.2) is 18.5 Å². The highest BCUT2D eigenvalue weighted by atomic mass is 16.4. The van der Waals surface area contributed by atoms with Crippen molar-refractivity contribution in [3.8, 4) is 0 Å². The summed E-state index contributed by atoms with van der Waals surface area (Å²) >= 11 is 0. The van der Waals surface area contributed by atoms with Crippen LogP contribution in [0.3, 0.4) is 0 Å². The van der Waals surface area contributed by atoms with Gasteiger partial charge in [0, 0.05) is 12.4 Å². The van der Waals surface area contributed by atoms with Crippen molar-refractivity contribution in [2.24, 2.45) is 5.92 Å². The van der Waals surface area contributed by atoms with E-state index in [1.165, 1.54) is 0 Å². The molecular formula is C13H17NO2. The summed E-state index contributed by atoms with van der Waals surface area (Å²) in [5.41, 5.74) is 2.19. The van der Waals surface area contributed by atoms with Gasteiger partial charge in [0.1, 0.15) is 0 Å². The number of carboxylic acids is 1. The minimum Gasteiger partial charge on any atom is -0.481 e. The number of pyridine rings is 1. The summed E-state index contributed by atoms with van der Waals surface area (Å²) < 4.78 is 0. The van der Waals surface area contributed by atoms with Crippen molar-refractivity contribution in [3.63, 3.8) is 0 Å². The Labute approximate surface area is 95.5 Å². The van der Waals surface area contributed by atoms with Crippen LogP contribution in [0.1, 0.15) is 42.7 Å². The van der Waals surface area contributed by atoms with Gasteiger partial charge < -0.3 is 5.11 Å². The van der Waals surface area contributed by atoms with E-state index in [1.54, 1.807) is 0 Å². The lowest BCUT2D eigenvalue weighted by molar-refractivity contribution is -0.143. The Morgan fingerprint density at radius 3 is 2.81 bits per heavy atom. The van der Waals surface area contributed by atoms with Crippen molar-refractivity contribution in [1.29, 1.82) is 0 Å². The average Bonchev–Trinajstić information content (AvgIpc) is 2.29. The summed E-state index contributed by atoms with van der Waals surface area (Å²) in [6, 6.07) is 2.07. The fourth-order valence-corrected chi connectivity index (χ4v) is 2.61. The van der Waals surface area contributed by atoms with Gasteiger partial charge in [-0.05, 0) is 36.8 Å². The predicted octanol–water partition coefficient (Wildman–Crippen LogP) is 2.75. The van der Waals surface area contributed by atoms with Gasteiger partial charge >= 0.3 is 5.97 Å². The number of nitrogens with zero attached hydrogens (tertiary/aromatic N) is 1. The van der Waals surface area contributed by atoms with E-state index < -0.39 is 5.97 Å². The largest absolute Gasteiger partial charge is 0.481 e. The second-order valence-electron chi connectivity index (χ2n) is 4.63. The number of rotatable bonds is 2. The molecule has 1 fully saturated rings. The van der Waals surface area contributed by atoms with Crippen molar-refractivity contribution in [2.45, 2.75) is 38.5 Å². The zero-order valence-electron chi connectivity index (χ0n) is 9.52. The molecular weight excluding hydrogens is 202 g/mol. The van der Waals surface area contributed by atoms with E-state index in [0.29, 0.717) is 0 Å². The SMILES string of the molecule is Cc1cncc(C2CCCCC2C(=O)O)c1. The molecule has 2 rings (SSSR count). The maximum atomic E-state index is 11.2. The summed E-state index contributed by atoms with van der Waals surface area (Å²) in [5, 5.41) is 9.22. The molecule has 1 N–H and O–H groups in total. The average molecular weight is 219 g/mol. The molecule has 16 heavy (non-hydrogen) atoms. The second kappa shape index (κ2) is 4.64. The van der Waals surface area contributed by atoms with Gasteiger partial charge in [0.2, 0.25) is 0 Å². The third-order valence-electron chi connectivity index (χ3n) is 3.41. The molecule has 0 bridgehead atoms. The summed E-state index contributed by atoms with van der Waals surface area (Å²) in [4.78, 5) is 15.4. The molecule has 0 spiro atoms. The lowest BCUT2D eigenvalue weighted by Gasteiger charge is -2.28. The van der Waals surface area contributed by atoms with Crippen LogP contribution in [0.4, 0.5) is 0 Å². The first-order chi connectivity index (χ1) is 7.68. The molecule has 0 amide bonds. The molecule has 0 aliphatic heterocycles. The highest BCUT2D eigenvalue weighted by molar-refractivity contribution is 5.71. The number of aryl methyl sites for hydroxylation is 1. The van der Waals surface area contributed by atoms with E-state index in [9.17, 15) is 9.90 Å². The van der Waals surface area contributed by atoms with E-state index in [-0.39, 0.29) is 11.8 Å². The number of carboxylic acid groups (broad SMARTS) is 1. The van der Waals surface area contributed by atoms with Gasteiger partial charge in [-0.25, -0.2) is 0 Å². The number of aromatic nitrogens is 1. The van der Waals surface area contributed by atoms with Crippen LogP contribution in [0, 0.1) is 12.8 Å². The van der Waals surface area contributed by atoms with E-state index in [4.69, 9.17) is 0 Å². The molecule has 86 valence electrons. The van der Waals surface area contributed by atoms with Crippen LogP contribution in [0.2, 0.25) is 0 Å². The van der Waals surface area contributed by atoms with Crippen LogP contribution >= 0.6 is 0 Å².